The van der Waals surface area contributed by atoms with Gasteiger partial charge in [-0.3, -0.25) is 0 Å². The van der Waals surface area contributed by atoms with Crippen LogP contribution in [0.2, 0.25) is 0 Å². The molecule has 0 saturated carbocycles. The Morgan fingerprint density at radius 2 is 0.609 bits per heavy atom. The summed E-state index contributed by atoms with van der Waals surface area (Å²) in [5.74, 6) is 0. The smallest absolute Gasteiger partial charge is 0.0704 e. The average Bonchev–Trinajstić information content (AvgIpc) is 2.42. The fourth-order valence-corrected chi connectivity index (χ4v) is 1.36. The van der Waals surface area contributed by atoms with Crippen molar-refractivity contribution in [1.29, 1.82) is 0 Å². The van der Waals surface area contributed by atoms with E-state index in [2.05, 4.69) is 0 Å². The zero-order valence-corrected chi connectivity index (χ0v) is 16.6. The lowest BCUT2D eigenvalue weighted by atomic mass is 10.5. The van der Waals surface area contributed by atoms with Crippen LogP contribution in [0.1, 0.15) is 55.4 Å². The Balaban J connectivity index is 0. The molecule has 0 spiro atoms. The van der Waals surface area contributed by atoms with Crippen LogP contribution in [-0.2, 0) is 23.7 Å². The Labute approximate surface area is 144 Å². The standard InChI is InChI=1S/C10H22O3.C8H18O2/c1-9(2)12-7-5-11-6-8-13-10(3)4;1-7(2)9-5-6-10-8(3)4/h9-10H,5-8H2,1-4H3;7-8H,5-6H2,1-4H3. The van der Waals surface area contributed by atoms with Gasteiger partial charge in [-0.25, -0.2) is 0 Å². The van der Waals surface area contributed by atoms with Gasteiger partial charge in [0.05, 0.1) is 64.1 Å². The van der Waals surface area contributed by atoms with Crippen molar-refractivity contribution in [3.05, 3.63) is 0 Å². The van der Waals surface area contributed by atoms with Gasteiger partial charge in [0.15, 0.2) is 0 Å². The summed E-state index contributed by atoms with van der Waals surface area (Å²) in [7, 11) is 0. The Kier molecular flexibility index (Phi) is 19.8. The van der Waals surface area contributed by atoms with Gasteiger partial charge in [0.2, 0.25) is 0 Å². The van der Waals surface area contributed by atoms with Crippen LogP contribution in [0.3, 0.4) is 0 Å². The van der Waals surface area contributed by atoms with E-state index in [1.165, 1.54) is 0 Å². The van der Waals surface area contributed by atoms with Crippen LogP contribution < -0.4 is 0 Å². The van der Waals surface area contributed by atoms with Crippen LogP contribution >= 0.6 is 0 Å². The number of ether oxygens (including phenoxy) is 5. The second-order valence-corrected chi connectivity index (χ2v) is 6.29. The maximum atomic E-state index is 5.30. The van der Waals surface area contributed by atoms with Gasteiger partial charge < -0.3 is 23.7 Å². The van der Waals surface area contributed by atoms with Crippen molar-refractivity contribution in [3.8, 4) is 0 Å². The number of hydrogen-bond donors (Lipinski definition) is 0. The fourth-order valence-electron chi connectivity index (χ4n) is 1.36. The van der Waals surface area contributed by atoms with E-state index < -0.39 is 0 Å². The van der Waals surface area contributed by atoms with E-state index in [-0.39, 0.29) is 12.2 Å². The van der Waals surface area contributed by atoms with E-state index in [4.69, 9.17) is 23.7 Å². The molecule has 5 nitrogen and oxygen atoms in total. The molecule has 0 aromatic rings. The lowest BCUT2D eigenvalue weighted by Crippen LogP contribution is -2.13. The molecule has 0 heterocycles. The zero-order valence-electron chi connectivity index (χ0n) is 16.6. The Morgan fingerprint density at radius 1 is 0.391 bits per heavy atom. The van der Waals surface area contributed by atoms with E-state index >= 15 is 0 Å². The van der Waals surface area contributed by atoms with E-state index in [1.54, 1.807) is 0 Å². The minimum absolute atomic E-state index is 0.288. The third-order valence-electron chi connectivity index (χ3n) is 2.34. The molecule has 0 fully saturated rings. The highest BCUT2D eigenvalue weighted by Gasteiger charge is 1.95. The quantitative estimate of drug-likeness (QED) is 0.480. The first-order chi connectivity index (χ1) is 10.8. The first-order valence-corrected chi connectivity index (χ1v) is 8.79. The zero-order chi connectivity index (χ0) is 18.1. The van der Waals surface area contributed by atoms with Crippen molar-refractivity contribution in [3.63, 3.8) is 0 Å². The summed E-state index contributed by atoms with van der Waals surface area (Å²) in [4.78, 5) is 0. The minimum Gasteiger partial charge on any atom is -0.377 e. The molecule has 5 heteroatoms. The van der Waals surface area contributed by atoms with E-state index in [0.29, 0.717) is 51.8 Å². The van der Waals surface area contributed by atoms with E-state index in [1.807, 2.05) is 55.4 Å². The highest BCUT2D eigenvalue weighted by Crippen LogP contribution is 1.91. The molecule has 0 amide bonds. The van der Waals surface area contributed by atoms with E-state index in [9.17, 15) is 0 Å². The molecular weight excluding hydrogens is 296 g/mol. The van der Waals surface area contributed by atoms with Gasteiger partial charge >= 0.3 is 0 Å². The van der Waals surface area contributed by atoms with Crippen molar-refractivity contribution >= 4 is 0 Å². The Morgan fingerprint density at radius 3 is 0.826 bits per heavy atom. The number of hydrogen-bond acceptors (Lipinski definition) is 5. The summed E-state index contributed by atoms with van der Waals surface area (Å²) >= 11 is 0. The first-order valence-electron chi connectivity index (χ1n) is 8.79. The normalized spacial score (nSPS) is 11.5. The van der Waals surface area contributed by atoms with E-state index in [0.717, 1.165) is 0 Å². The highest BCUT2D eigenvalue weighted by molar-refractivity contribution is 4.40. The summed E-state index contributed by atoms with van der Waals surface area (Å²) in [6.45, 7) is 20.2. The molecule has 142 valence electrons. The lowest BCUT2D eigenvalue weighted by molar-refractivity contribution is -0.0124. The molecular formula is C18H40O5. The van der Waals surface area contributed by atoms with Gasteiger partial charge in [0.25, 0.3) is 0 Å². The molecule has 0 aliphatic heterocycles. The summed E-state index contributed by atoms with van der Waals surface area (Å²) in [6, 6.07) is 0. The molecule has 23 heavy (non-hydrogen) atoms. The van der Waals surface area contributed by atoms with Crippen molar-refractivity contribution in [1.82, 2.24) is 0 Å². The molecule has 0 rings (SSSR count). The topological polar surface area (TPSA) is 46.2 Å². The van der Waals surface area contributed by atoms with Gasteiger partial charge in [0.1, 0.15) is 0 Å². The Bertz CT molecular complexity index is 195. The van der Waals surface area contributed by atoms with Crippen LogP contribution in [0.4, 0.5) is 0 Å². The minimum atomic E-state index is 0.288. The van der Waals surface area contributed by atoms with Crippen LogP contribution in [-0.4, -0.2) is 64.1 Å². The molecule has 0 N–H and O–H groups in total. The molecule has 0 aromatic heterocycles. The van der Waals surface area contributed by atoms with Gasteiger partial charge in [0, 0.05) is 0 Å². The summed E-state index contributed by atoms with van der Waals surface area (Å²) in [5, 5.41) is 0. The Hall–Kier alpha value is -0.200. The van der Waals surface area contributed by atoms with Crippen LogP contribution in [0.15, 0.2) is 0 Å². The highest BCUT2D eigenvalue weighted by atomic mass is 16.5. The predicted molar refractivity (Wildman–Crippen MR) is 95.2 cm³/mol. The molecule has 0 aromatic carbocycles. The van der Waals surface area contributed by atoms with Crippen molar-refractivity contribution in [2.24, 2.45) is 0 Å². The predicted octanol–water partition coefficient (Wildman–Crippen LogP) is 3.69. The van der Waals surface area contributed by atoms with Crippen LogP contribution in [0.25, 0.3) is 0 Å². The molecule has 0 saturated heterocycles. The molecule has 0 unspecified atom stereocenters. The van der Waals surface area contributed by atoms with Crippen LogP contribution in [0, 0.1) is 0 Å². The second-order valence-electron chi connectivity index (χ2n) is 6.29. The molecule has 0 aliphatic rings. The summed E-state index contributed by atoms with van der Waals surface area (Å²) in [5.41, 5.74) is 0. The van der Waals surface area contributed by atoms with Crippen LogP contribution in [0.5, 0.6) is 0 Å². The fraction of sp³-hybridized carbons (Fsp3) is 1.00. The van der Waals surface area contributed by atoms with Crippen molar-refractivity contribution in [2.75, 3.05) is 39.6 Å². The molecule has 0 aliphatic carbocycles. The lowest BCUT2D eigenvalue weighted by Gasteiger charge is -2.09. The monoisotopic (exact) mass is 336 g/mol. The number of rotatable bonds is 13. The third kappa shape index (κ3) is 30.3. The van der Waals surface area contributed by atoms with Crippen molar-refractivity contribution < 1.29 is 23.7 Å². The van der Waals surface area contributed by atoms with Gasteiger partial charge in [-0.05, 0) is 55.4 Å². The largest absolute Gasteiger partial charge is 0.377 e. The molecule has 0 bridgehead atoms. The van der Waals surface area contributed by atoms with Gasteiger partial charge in [-0.1, -0.05) is 0 Å². The summed E-state index contributed by atoms with van der Waals surface area (Å²) in [6.07, 6.45) is 1.21. The summed E-state index contributed by atoms with van der Waals surface area (Å²) < 4.78 is 26.4. The van der Waals surface area contributed by atoms with Crippen molar-refractivity contribution in [2.45, 2.75) is 79.8 Å². The third-order valence-corrected chi connectivity index (χ3v) is 2.34. The molecule has 0 atom stereocenters. The maximum absolute atomic E-state index is 5.30. The molecule has 0 radical (unpaired) electrons. The SMILES string of the molecule is CC(C)OCCOC(C)C.CC(C)OCCOCCOC(C)C. The van der Waals surface area contributed by atoms with Gasteiger partial charge in [-0.2, -0.15) is 0 Å². The second kappa shape index (κ2) is 18.1. The first kappa shape index (κ1) is 25.0. The maximum Gasteiger partial charge on any atom is 0.0704 e. The van der Waals surface area contributed by atoms with Gasteiger partial charge in [-0.15, -0.1) is 0 Å². The average molecular weight is 337 g/mol.